The zero-order valence-electron chi connectivity index (χ0n) is 9.89. The maximum atomic E-state index is 6.18. The van der Waals surface area contributed by atoms with Crippen molar-refractivity contribution >= 4 is 15.9 Å². The molecule has 1 unspecified atom stereocenters. The van der Waals surface area contributed by atoms with Gasteiger partial charge in [0.15, 0.2) is 4.60 Å². The van der Waals surface area contributed by atoms with Gasteiger partial charge in [0.1, 0.15) is 0 Å². The highest BCUT2D eigenvalue weighted by Gasteiger charge is 2.16. The summed E-state index contributed by atoms with van der Waals surface area (Å²) in [4.78, 5) is 0. The molecule has 0 radical (unpaired) electrons. The second-order valence-electron chi connectivity index (χ2n) is 4.19. The monoisotopic (exact) mass is 294 g/mol. The molecule has 0 aliphatic rings. The lowest BCUT2D eigenvalue weighted by Crippen LogP contribution is -2.17. The molecule has 0 aliphatic heterocycles. The first-order valence-electron chi connectivity index (χ1n) is 5.44. The largest absolute Gasteiger partial charge is 0.322 e. The Balaban J connectivity index is 2.17. The van der Waals surface area contributed by atoms with Crippen molar-refractivity contribution in [3.63, 3.8) is 0 Å². The summed E-state index contributed by atoms with van der Waals surface area (Å²) in [5.41, 5.74) is 9.58. The van der Waals surface area contributed by atoms with E-state index in [0.717, 1.165) is 16.7 Å². The minimum Gasteiger partial charge on any atom is -0.322 e. The van der Waals surface area contributed by atoms with E-state index in [4.69, 9.17) is 5.73 Å². The molecule has 0 saturated carbocycles. The fourth-order valence-corrected chi connectivity index (χ4v) is 2.43. The van der Waals surface area contributed by atoms with Gasteiger partial charge in [-0.05, 0) is 34.8 Å². The molecule has 17 heavy (non-hydrogen) atoms. The van der Waals surface area contributed by atoms with Gasteiger partial charge >= 0.3 is 0 Å². The summed E-state index contributed by atoms with van der Waals surface area (Å²) in [7, 11) is 1.85. The molecular formula is C12H15BrN4. The first-order chi connectivity index (χ1) is 8.08. The van der Waals surface area contributed by atoms with Gasteiger partial charge in [-0.3, -0.25) is 0 Å². The third-order valence-corrected chi connectivity index (χ3v) is 3.32. The van der Waals surface area contributed by atoms with Crippen LogP contribution < -0.4 is 5.73 Å². The SMILES string of the molecule is Cc1ccc(CC(N)c2c(Br)nnn2C)cc1. The third kappa shape index (κ3) is 2.73. The quantitative estimate of drug-likeness (QED) is 0.943. The summed E-state index contributed by atoms with van der Waals surface area (Å²) in [5.74, 6) is 0. The van der Waals surface area contributed by atoms with Crippen LogP contribution in [0.2, 0.25) is 0 Å². The smallest absolute Gasteiger partial charge is 0.153 e. The average Bonchev–Trinajstić information content (AvgIpc) is 2.62. The molecule has 2 aromatic rings. The first-order valence-corrected chi connectivity index (χ1v) is 6.23. The minimum atomic E-state index is -0.105. The summed E-state index contributed by atoms with van der Waals surface area (Å²) in [5, 5.41) is 7.88. The molecule has 4 nitrogen and oxygen atoms in total. The molecule has 0 bridgehead atoms. The predicted octanol–water partition coefficient (Wildman–Crippen LogP) is 2.13. The van der Waals surface area contributed by atoms with E-state index in [0.29, 0.717) is 0 Å². The number of aryl methyl sites for hydroxylation is 2. The van der Waals surface area contributed by atoms with Crippen LogP contribution in [0.4, 0.5) is 0 Å². The van der Waals surface area contributed by atoms with Crippen LogP contribution in [0, 0.1) is 6.92 Å². The van der Waals surface area contributed by atoms with Gasteiger partial charge in [0.05, 0.1) is 11.7 Å². The van der Waals surface area contributed by atoms with Crippen LogP contribution in [0.5, 0.6) is 0 Å². The van der Waals surface area contributed by atoms with Gasteiger partial charge in [-0.2, -0.15) is 0 Å². The fourth-order valence-electron chi connectivity index (χ4n) is 1.81. The van der Waals surface area contributed by atoms with Crippen molar-refractivity contribution in [2.75, 3.05) is 0 Å². The molecule has 2 rings (SSSR count). The van der Waals surface area contributed by atoms with E-state index in [1.807, 2.05) is 7.05 Å². The number of aromatic nitrogens is 3. The van der Waals surface area contributed by atoms with E-state index in [-0.39, 0.29) is 6.04 Å². The van der Waals surface area contributed by atoms with Crippen LogP contribution in [0.3, 0.4) is 0 Å². The van der Waals surface area contributed by atoms with Crippen molar-refractivity contribution in [1.29, 1.82) is 0 Å². The van der Waals surface area contributed by atoms with Crippen molar-refractivity contribution < 1.29 is 0 Å². The number of hydrogen-bond donors (Lipinski definition) is 1. The van der Waals surface area contributed by atoms with Gasteiger partial charge in [0, 0.05) is 7.05 Å². The molecular weight excluding hydrogens is 280 g/mol. The number of benzene rings is 1. The van der Waals surface area contributed by atoms with Crippen LogP contribution in [0.25, 0.3) is 0 Å². The Morgan fingerprint density at radius 3 is 2.53 bits per heavy atom. The predicted molar refractivity (Wildman–Crippen MR) is 70.5 cm³/mol. The lowest BCUT2D eigenvalue weighted by molar-refractivity contribution is 0.606. The highest BCUT2D eigenvalue weighted by Crippen LogP contribution is 2.21. The van der Waals surface area contributed by atoms with Crippen molar-refractivity contribution in [2.45, 2.75) is 19.4 Å². The average molecular weight is 295 g/mol. The van der Waals surface area contributed by atoms with E-state index in [1.165, 1.54) is 11.1 Å². The molecule has 90 valence electrons. The Morgan fingerprint density at radius 2 is 2.00 bits per heavy atom. The van der Waals surface area contributed by atoms with E-state index in [9.17, 15) is 0 Å². The van der Waals surface area contributed by atoms with E-state index >= 15 is 0 Å². The molecule has 1 aromatic heterocycles. The lowest BCUT2D eigenvalue weighted by atomic mass is 10.0. The molecule has 0 spiro atoms. The Kier molecular flexibility index (Phi) is 3.59. The van der Waals surface area contributed by atoms with E-state index in [1.54, 1.807) is 4.68 Å². The Morgan fingerprint density at radius 1 is 1.35 bits per heavy atom. The van der Waals surface area contributed by atoms with Crippen LogP contribution in [-0.2, 0) is 13.5 Å². The van der Waals surface area contributed by atoms with Crippen molar-refractivity contribution in [3.05, 3.63) is 45.7 Å². The van der Waals surface area contributed by atoms with E-state index in [2.05, 4.69) is 57.4 Å². The second kappa shape index (κ2) is 4.98. The maximum Gasteiger partial charge on any atom is 0.153 e. The first kappa shape index (κ1) is 12.3. The topological polar surface area (TPSA) is 56.7 Å². The summed E-state index contributed by atoms with van der Waals surface area (Å²) in [6, 6.07) is 8.30. The summed E-state index contributed by atoms with van der Waals surface area (Å²) in [6.45, 7) is 2.07. The molecule has 1 heterocycles. The van der Waals surface area contributed by atoms with Crippen LogP contribution in [0.15, 0.2) is 28.9 Å². The number of hydrogen-bond acceptors (Lipinski definition) is 3. The summed E-state index contributed by atoms with van der Waals surface area (Å²) < 4.78 is 2.43. The Hall–Kier alpha value is -1.20. The van der Waals surface area contributed by atoms with E-state index < -0.39 is 0 Å². The molecule has 0 amide bonds. The second-order valence-corrected chi connectivity index (χ2v) is 4.94. The van der Waals surface area contributed by atoms with Gasteiger partial charge in [-0.25, -0.2) is 4.68 Å². The lowest BCUT2D eigenvalue weighted by Gasteiger charge is -2.12. The van der Waals surface area contributed by atoms with Gasteiger partial charge in [-0.1, -0.05) is 35.0 Å². The van der Waals surface area contributed by atoms with Crippen molar-refractivity contribution in [1.82, 2.24) is 15.0 Å². The van der Waals surface area contributed by atoms with Gasteiger partial charge < -0.3 is 5.73 Å². The fraction of sp³-hybridized carbons (Fsp3) is 0.333. The highest BCUT2D eigenvalue weighted by atomic mass is 79.9. The molecule has 5 heteroatoms. The Labute approximate surface area is 109 Å². The maximum absolute atomic E-state index is 6.18. The molecule has 1 atom stereocenters. The zero-order valence-corrected chi connectivity index (χ0v) is 11.5. The highest BCUT2D eigenvalue weighted by molar-refractivity contribution is 9.10. The molecule has 2 N–H and O–H groups in total. The van der Waals surface area contributed by atoms with Crippen molar-refractivity contribution in [3.8, 4) is 0 Å². The molecule has 0 aliphatic carbocycles. The normalized spacial score (nSPS) is 12.7. The summed E-state index contributed by atoms with van der Waals surface area (Å²) >= 11 is 3.37. The number of nitrogens with zero attached hydrogens (tertiary/aromatic N) is 3. The minimum absolute atomic E-state index is 0.105. The van der Waals surface area contributed by atoms with Crippen LogP contribution in [-0.4, -0.2) is 15.0 Å². The molecule has 1 aromatic carbocycles. The third-order valence-electron chi connectivity index (χ3n) is 2.75. The molecule has 0 fully saturated rings. The summed E-state index contributed by atoms with van der Waals surface area (Å²) in [6.07, 6.45) is 0.778. The zero-order chi connectivity index (χ0) is 12.4. The number of halogens is 1. The standard InChI is InChI=1S/C12H15BrN4/c1-8-3-5-9(6-4-8)7-10(14)11-12(13)15-16-17(11)2/h3-6,10H,7,14H2,1-2H3. The van der Waals surface area contributed by atoms with Gasteiger partial charge in [-0.15, -0.1) is 5.10 Å². The molecule has 0 saturated heterocycles. The van der Waals surface area contributed by atoms with Crippen molar-refractivity contribution in [2.24, 2.45) is 12.8 Å². The number of nitrogens with two attached hydrogens (primary N) is 1. The number of rotatable bonds is 3. The Bertz CT molecular complexity index is 484. The van der Waals surface area contributed by atoms with Crippen LogP contribution >= 0.6 is 15.9 Å². The van der Waals surface area contributed by atoms with Gasteiger partial charge in [0.25, 0.3) is 0 Å². The van der Waals surface area contributed by atoms with Gasteiger partial charge in [0.2, 0.25) is 0 Å². The van der Waals surface area contributed by atoms with Crippen LogP contribution in [0.1, 0.15) is 22.9 Å².